The first-order chi connectivity index (χ1) is 15.9. The van der Waals surface area contributed by atoms with Crippen molar-refractivity contribution in [1.82, 2.24) is 0 Å². The Morgan fingerprint density at radius 3 is 2.35 bits per heavy atom. The van der Waals surface area contributed by atoms with Gasteiger partial charge in [0, 0.05) is 13.7 Å². The lowest BCUT2D eigenvalue weighted by Gasteiger charge is -2.41. The van der Waals surface area contributed by atoms with Crippen molar-refractivity contribution >= 4 is 8.32 Å². The van der Waals surface area contributed by atoms with Crippen LogP contribution in [0.15, 0.2) is 12.2 Å². The van der Waals surface area contributed by atoms with Crippen LogP contribution in [0, 0.1) is 0 Å². The summed E-state index contributed by atoms with van der Waals surface area (Å²) in [4.78, 5) is 0. The van der Waals surface area contributed by atoms with E-state index < -0.39 is 14.1 Å². The quantitative estimate of drug-likeness (QED) is 0.105. The molecule has 4 atom stereocenters. The van der Waals surface area contributed by atoms with Crippen LogP contribution in [0.2, 0.25) is 18.1 Å². The lowest BCUT2D eigenvalue weighted by Crippen LogP contribution is -2.47. The largest absolute Gasteiger partial charge is 0.411 e. The van der Waals surface area contributed by atoms with Gasteiger partial charge < -0.3 is 28.5 Å². The molecule has 0 spiro atoms. The third kappa shape index (κ3) is 11.2. The summed E-state index contributed by atoms with van der Waals surface area (Å²) < 4.78 is 30.6. The molecule has 34 heavy (non-hydrogen) atoms. The smallest absolute Gasteiger partial charge is 0.192 e. The highest BCUT2D eigenvalue weighted by molar-refractivity contribution is 6.74. The van der Waals surface area contributed by atoms with Gasteiger partial charge in [0.05, 0.1) is 18.3 Å². The number of aliphatic hydroxyl groups excluding tert-OH is 1. The van der Waals surface area contributed by atoms with E-state index in [9.17, 15) is 5.11 Å². The molecule has 1 aliphatic heterocycles. The number of ether oxygens (including phenoxy) is 4. The van der Waals surface area contributed by atoms with Crippen molar-refractivity contribution in [2.75, 3.05) is 20.5 Å². The van der Waals surface area contributed by atoms with Crippen molar-refractivity contribution in [3.8, 4) is 0 Å². The van der Waals surface area contributed by atoms with E-state index in [1.165, 1.54) is 19.3 Å². The molecule has 1 fully saturated rings. The molecule has 0 saturated carbocycles. The molecular formula is C27H54O6Si. The van der Waals surface area contributed by atoms with Gasteiger partial charge in [-0.25, -0.2) is 0 Å². The molecule has 1 heterocycles. The Kier molecular flexibility index (Phi) is 14.1. The molecular weight excluding hydrogens is 448 g/mol. The predicted molar refractivity (Wildman–Crippen MR) is 141 cm³/mol. The van der Waals surface area contributed by atoms with E-state index in [1.807, 2.05) is 13.8 Å². The second-order valence-electron chi connectivity index (χ2n) is 11.5. The van der Waals surface area contributed by atoms with Crippen LogP contribution < -0.4 is 0 Å². The average molecular weight is 503 g/mol. The van der Waals surface area contributed by atoms with Gasteiger partial charge in [-0.2, -0.15) is 0 Å². The molecule has 0 bridgehead atoms. The zero-order valence-electron chi connectivity index (χ0n) is 23.5. The zero-order chi connectivity index (χ0) is 25.8. The fourth-order valence-corrected chi connectivity index (χ4v) is 5.38. The molecule has 0 unspecified atom stereocenters. The van der Waals surface area contributed by atoms with Crippen LogP contribution >= 0.6 is 0 Å². The average Bonchev–Trinajstić information content (AvgIpc) is 3.03. The van der Waals surface area contributed by atoms with E-state index in [1.54, 1.807) is 7.11 Å². The fraction of sp³-hybridized carbons (Fsp3) is 0.926. The summed E-state index contributed by atoms with van der Waals surface area (Å²) in [6.07, 6.45) is 12.0. The first-order valence-corrected chi connectivity index (χ1v) is 16.2. The Labute approximate surface area is 210 Å². The van der Waals surface area contributed by atoms with E-state index in [0.717, 1.165) is 25.7 Å². The molecule has 6 nitrogen and oxygen atoms in total. The summed E-state index contributed by atoms with van der Waals surface area (Å²) in [5, 5.41) is 9.37. The Bertz CT molecular complexity index is 572. The van der Waals surface area contributed by atoms with Crippen LogP contribution in [0.25, 0.3) is 0 Å². The number of aliphatic hydroxyl groups is 1. The molecule has 0 aromatic heterocycles. The first kappa shape index (κ1) is 31.7. The summed E-state index contributed by atoms with van der Waals surface area (Å²) in [7, 11) is -0.328. The third-order valence-electron chi connectivity index (χ3n) is 6.97. The van der Waals surface area contributed by atoms with Gasteiger partial charge in [-0.1, -0.05) is 65.5 Å². The Morgan fingerprint density at radius 1 is 1.06 bits per heavy atom. The minimum Gasteiger partial charge on any atom is -0.411 e. The Balaban J connectivity index is 3.00. The highest BCUT2D eigenvalue weighted by Gasteiger charge is 2.41. The topological polar surface area (TPSA) is 66.4 Å². The van der Waals surface area contributed by atoms with Crippen LogP contribution in [0.1, 0.15) is 92.9 Å². The first-order valence-electron chi connectivity index (χ1n) is 13.3. The molecule has 0 aromatic carbocycles. The molecule has 0 radical (unpaired) electrons. The van der Waals surface area contributed by atoms with E-state index in [4.69, 9.17) is 23.4 Å². The molecule has 0 amide bonds. The third-order valence-corrected chi connectivity index (χ3v) is 11.5. The number of hydrogen-bond donors (Lipinski definition) is 1. The molecule has 1 saturated heterocycles. The van der Waals surface area contributed by atoms with E-state index in [0.29, 0.717) is 6.42 Å². The minimum atomic E-state index is -2.00. The van der Waals surface area contributed by atoms with Crippen LogP contribution in [-0.2, 0) is 23.4 Å². The lowest BCUT2D eigenvalue weighted by molar-refractivity contribution is -0.143. The van der Waals surface area contributed by atoms with E-state index >= 15 is 0 Å². The maximum absolute atomic E-state index is 9.25. The van der Waals surface area contributed by atoms with Gasteiger partial charge in [-0.3, -0.25) is 0 Å². The second-order valence-corrected chi connectivity index (χ2v) is 16.3. The standard InChI is InChI=1S/C27H54O6Si/c1-10-11-12-13-16-22(30-21-29-7)25(33-34(8,9)26(2,3)4)18-14-17-23-24(19-15-20-28)32-27(5,6)31-23/h14,17,22-25,28H,10-13,15-16,18-21H2,1-9H3/b17-14+/t22-,23+,24+,25-/m0/s1. The SMILES string of the molecule is CCCCCC[C@H](OCOC)[C@H](C/C=C/[C@H]1OC(C)(C)O[C@@H]1CCCO)O[Si](C)(C)C(C)(C)C. The van der Waals surface area contributed by atoms with Crippen LogP contribution in [-0.4, -0.2) is 64.1 Å². The number of hydrogen-bond acceptors (Lipinski definition) is 6. The van der Waals surface area contributed by atoms with E-state index in [2.05, 4.69) is 52.9 Å². The zero-order valence-corrected chi connectivity index (χ0v) is 24.5. The summed E-state index contributed by atoms with van der Waals surface area (Å²) in [6.45, 7) is 18.0. The molecule has 7 heteroatoms. The molecule has 1 N–H and O–H groups in total. The van der Waals surface area contributed by atoms with Crippen molar-refractivity contribution in [2.24, 2.45) is 0 Å². The van der Waals surface area contributed by atoms with Crippen molar-refractivity contribution in [1.29, 1.82) is 0 Å². The molecule has 202 valence electrons. The second kappa shape index (κ2) is 15.1. The Hall–Kier alpha value is -0.283. The van der Waals surface area contributed by atoms with Crippen molar-refractivity contribution in [2.45, 2.75) is 141 Å². The number of unbranched alkanes of at least 4 members (excludes halogenated alkanes) is 3. The van der Waals surface area contributed by atoms with Gasteiger partial charge in [0.2, 0.25) is 0 Å². The summed E-state index contributed by atoms with van der Waals surface area (Å²) in [5.41, 5.74) is 0. The van der Waals surface area contributed by atoms with Crippen molar-refractivity contribution < 1.29 is 28.5 Å². The van der Waals surface area contributed by atoms with Gasteiger partial charge in [0.1, 0.15) is 12.9 Å². The minimum absolute atomic E-state index is 0.0158. The summed E-state index contributed by atoms with van der Waals surface area (Å²) in [5.74, 6) is -0.616. The lowest BCUT2D eigenvalue weighted by atomic mass is 10.0. The fourth-order valence-electron chi connectivity index (χ4n) is 4.02. The molecule has 0 aliphatic carbocycles. The number of methoxy groups -OCH3 is 1. The van der Waals surface area contributed by atoms with E-state index in [-0.39, 0.29) is 42.9 Å². The summed E-state index contributed by atoms with van der Waals surface area (Å²) >= 11 is 0. The van der Waals surface area contributed by atoms with Gasteiger partial charge in [0.25, 0.3) is 0 Å². The molecule has 1 rings (SSSR count). The van der Waals surface area contributed by atoms with Gasteiger partial charge >= 0.3 is 0 Å². The maximum Gasteiger partial charge on any atom is 0.192 e. The van der Waals surface area contributed by atoms with Crippen LogP contribution in [0.5, 0.6) is 0 Å². The molecule has 1 aliphatic rings. The maximum atomic E-state index is 9.25. The monoisotopic (exact) mass is 502 g/mol. The Morgan fingerprint density at radius 2 is 1.76 bits per heavy atom. The van der Waals surface area contributed by atoms with Crippen LogP contribution in [0.4, 0.5) is 0 Å². The van der Waals surface area contributed by atoms with Crippen LogP contribution in [0.3, 0.4) is 0 Å². The predicted octanol–water partition coefficient (Wildman–Crippen LogP) is 6.58. The highest BCUT2D eigenvalue weighted by Crippen LogP contribution is 2.39. The highest BCUT2D eigenvalue weighted by atomic mass is 28.4. The van der Waals surface area contributed by atoms with Gasteiger partial charge in [-0.15, -0.1) is 0 Å². The number of rotatable bonds is 17. The molecule has 0 aromatic rings. The normalized spacial score (nSPS) is 23.0. The van der Waals surface area contributed by atoms with Crippen molar-refractivity contribution in [3.63, 3.8) is 0 Å². The van der Waals surface area contributed by atoms with Crippen molar-refractivity contribution in [3.05, 3.63) is 12.2 Å². The van der Waals surface area contributed by atoms with Gasteiger partial charge in [-0.05, 0) is 57.7 Å². The summed E-state index contributed by atoms with van der Waals surface area (Å²) in [6, 6.07) is 0. The van der Waals surface area contributed by atoms with Gasteiger partial charge in [0.15, 0.2) is 14.1 Å².